The largest absolute Gasteiger partial charge is 0.506 e. The van der Waals surface area contributed by atoms with Gasteiger partial charge in [-0.15, -0.1) is 0 Å². The van der Waals surface area contributed by atoms with Crippen molar-refractivity contribution in [2.45, 2.75) is 25.8 Å². The van der Waals surface area contributed by atoms with Gasteiger partial charge in [-0.3, -0.25) is 0 Å². The molecular weight excluding hydrogens is 385 g/mol. The van der Waals surface area contributed by atoms with Crippen LogP contribution in [0.25, 0.3) is 0 Å². The molecule has 132 valence electrons. The second-order valence-electron chi connectivity index (χ2n) is 6.07. The number of hydrogen-bond donors (Lipinski definition) is 2. The van der Waals surface area contributed by atoms with E-state index in [4.69, 9.17) is 0 Å². The molecule has 6 heteroatoms. The van der Waals surface area contributed by atoms with E-state index in [2.05, 4.69) is 31.1 Å². The lowest BCUT2D eigenvalue weighted by Gasteiger charge is -2.30. The Morgan fingerprint density at radius 2 is 1.92 bits per heavy atom. The smallest absolute Gasteiger partial charge is 0.198 e. The van der Waals surface area contributed by atoms with Crippen LogP contribution >= 0.6 is 15.9 Å². The van der Waals surface area contributed by atoms with E-state index in [1.165, 1.54) is 12.5 Å². The molecule has 1 aliphatic rings. The van der Waals surface area contributed by atoms with Gasteiger partial charge in [-0.1, -0.05) is 28.1 Å². The molecule has 0 radical (unpaired) electrons. The number of piperidine rings is 1. The first-order valence-electron chi connectivity index (χ1n) is 8.42. The number of nitrogens with zero attached hydrogens (tertiary/aromatic N) is 2. The van der Waals surface area contributed by atoms with Crippen LogP contribution in [0.3, 0.4) is 0 Å². The van der Waals surface area contributed by atoms with Gasteiger partial charge in [0.05, 0.1) is 12.2 Å². The summed E-state index contributed by atoms with van der Waals surface area (Å²) in [6.07, 6.45) is 3.42. The standard InChI is InChI=1S/C19H21BrFN3O/c20-15-8-9-16(21)14(12-15)13-22-19(24-10-4-1-5-11-24)23-17-6-2-3-7-18(17)25/h2-3,6-9,12,25H,1,4-5,10-11,13H2,(H,22,23). The summed E-state index contributed by atoms with van der Waals surface area (Å²) in [7, 11) is 0. The quantitative estimate of drug-likeness (QED) is 0.440. The zero-order valence-corrected chi connectivity index (χ0v) is 15.5. The van der Waals surface area contributed by atoms with Crippen molar-refractivity contribution in [3.05, 3.63) is 58.3 Å². The van der Waals surface area contributed by atoms with Crippen LogP contribution in [0.2, 0.25) is 0 Å². The lowest BCUT2D eigenvalue weighted by Crippen LogP contribution is -2.40. The number of phenolic OH excluding ortho intramolecular Hbond substituents is 1. The van der Waals surface area contributed by atoms with Crippen molar-refractivity contribution < 1.29 is 9.50 Å². The minimum absolute atomic E-state index is 0.167. The van der Waals surface area contributed by atoms with Gasteiger partial charge >= 0.3 is 0 Å². The van der Waals surface area contributed by atoms with Crippen LogP contribution in [-0.2, 0) is 6.54 Å². The Balaban J connectivity index is 1.84. The Labute approximate surface area is 155 Å². The summed E-state index contributed by atoms with van der Waals surface area (Å²) in [5.41, 5.74) is 1.13. The van der Waals surface area contributed by atoms with Gasteiger partial charge in [0.1, 0.15) is 11.6 Å². The topological polar surface area (TPSA) is 47.9 Å². The Kier molecular flexibility index (Phi) is 5.91. The Morgan fingerprint density at radius 3 is 2.68 bits per heavy atom. The maximum atomic E-state index is 14.0. The molecule has 0 aromatic heterocycles. The molecule has 2 aromatic rings. The third-order valence-corrected chi connectivity index (χ3v) is 4.71. The number of aromatic hydroxyl groups is 1. The predicted octanol–water partition coefficient (Wildman–Crippen LogP) is 4.75. The molecule has 3 rings (SSSR count). The van der Waals surface area contributed by atoms with Gasteiger partial charge in [-0.25, -0.2) is 9.38 Å². The molecular formula is C19H21BrFN3O. The van der Waals surface area contributed by atoms with Crippen LogP contribution in [0.4, 0.5) is 10.1 Å². The summed E-state index contributed by atoms with van der Waals surface area (Å²) in [6, 6.07) is 11.9. The summed E-state index contributed by atoms with van der Waals surface area (Å²) in [5.74, 6) is 0.564. The van der Waals surface area contributed by atoms with Crippen molar-refractivity contribution in [2.24, 2.45) is 4.99 Å². The highest BCUT2D eigenvalue weighted by Crippen LogP contribution is 2.23. The fraction of sp³-hybridized carbons (Fsp3) is 0.316. The number of para-hydroxylation sites is 2. The maximum absolute atomic E-state index is 14.0. The first-order valence-corrected chi connectivity index (χ1v) is 9.21. The lowest BCUT2D eigenvalue weighted by atomic mass is 10.1. The molecule has 1 heterocycles. The monoisotopic (exact) mass is 405 g/mol. The summed E-state index contributed by atoms with van der Waals surface area (Å²) < 4.78 is 14.8. The van der Waals surface area contributed by atoms with Gasteiger partial charge in [0.15, 0.2) is 5.96 Å². The van der Waals surface area contributed by atoms with Crippen LogP contribution in [0.15, 0.2) is 51.9 Å². The van der Waals surface area contributed by atoms with E-state index in [-0.39, 0.29) is 18.1 Å². The van der Waals surface area contributed by atoms with Gasteiger partial charge in [0.2, 0.25) is 0 Å². The van der Waals surface area contributed by atoms with E-state index in [0.717, 1.165) is 30.4 Å². The van der Waals surface area contributed by atoms with Gasteiger partial charge < -0.3 is 15.3 Å². The van der Waals surface area contributed by atoms with Crippen LogP contribution in [-0.4, -0.2) is 29.1 Å². The number of benzene rings is 2. The third kappa shape index (κ3) is 4.72. The van der Waals surface area contributed by atoms with E-state index < -0.39 is 0 Å². The number of nitrogens with one attached hydrogen (secondary N) is 1. The minimum Gasteiger partial charge on any atom is -0.506 e. The number of likely N-dealkylation sites (tertiary alicyclic amines) is 1. The highest BCUT2D eigenvalue weighted by atomic mass is 79.9. The van der Waals surface area contributed by atoms with Crippen LogP contribution < -0.4 is 5.32 Å². The molecule has 0 spiro atoms. The van der Waals surface area contributed by atoms with Crippen LogP contribution in [0.1, 0.15) is 24.8 Å². The maximum Gasteiger partial charge on any atom is 0.198 e. The van der Waals surface area contributed by atoms with Gasteiger partial charge in [0.25, 0.3) is 0 Å². The van der Waals surface area contributed by atoms with Crippen molar-refractivity contribution >= 4 is 27.6 Å². The SMILES string of the molecule is Oc1ccccc1NC(=NCc1cc(Br)ccc1F)N1CCCCC1. The van der Waals surface area contributed by atoms with Crippen molar-refractivity contribution in [1.82, 2.24) is 4.90 Å². The van der Waals surface area contributed by atoms with Crippen LogP contribution in [0, 0.1) is 5.82 Å². The second kappa shape index (κ2) is 8.34. The van der Waals surface area contributed by atoms with Gasteiger partial charge in [0, 0.05) is 23.1 Å². The molecule has 2 N–H and O–H groups in total. The van der Waals surface area contributed by atoms with Crippen molar-refractivity contribution in [3.8, 4) is 5.75 Å². The number of halogens is 2. The Bertz CT molecular complexity index is 760. The number of rotatable bonds is 3. The van der Waals surface area contributed by atoms with E-state index in [1.54, 1.807) is 30.3 Å². The summed E-state index contributed by atoms with van der Waals surface area (Å²) in [6.45, 7) is 2.04. The van der Waals surface area contributed by atoms with Crippen LogP contribution in [0.5, 0.6) is 5.75 Å². The number of aliphatic imine (C=N–C) groups is 1. The summed E-state index contributed by atoms with van der Waals surface area (Å²) >= 11 is 3.37. The molecule has 0 amide bonds. The molecule has 4 nitrogen and oxygen atoms in total. The lowest BCUT2D eigenvalue weighted by molar-refractivity contribution is 0.340. The average molecular weight is 406 g/mol. The van der Waals surface area contributed by atoms with Crippen molar-refractivity contribution in [1.29, 1.82) is 0 Å². The van der Waals surface area contributed by atoms with Gasteiger partial charge in [-0.05, 0) is 49.6 Å². The minimum atomic E-state index is -0.271. The first-order chi connectivity index (χ1) is 12.1. The summed E-state index contributed by atoms with van der Waals surface area (Å²) in [4.78, 5) is 6.77. The first kappa shape index (κ1) is 17.7. The molecule has 0 unspecified atom stereocenters. The van der Waals surface area contributed by atoms with Crippen molar-refractivity contribution in [3.63, 3.8) is 0 Å². The molecule has 2 aromatic carbocycles. The third-order valence-electron chi connectivity index (χ3n) is 4.21. The number of hydrogen-bond acceptors (Lipinski definition) is 2. The number of anilines is 1. The predicted molar refractivity (Wildman–Crippen MR) is 102 cm³/mol. The normalized spacial score (nSPS) is 15.3. The van der Waals surface area contributed by atoms with E-state index in [9.17, 15) is 9.50 Å². The molecule has 1 aliphatic heterocycles. The summed E-state index contributed by atoms with van der Waals surface area (Å²) in [5, 5.41) is 13.2. The molecule has 0 bridgehead atoms. The Morgan fingerprint density at radius 1 is 1.16 bits per heavy atom. The molecule has 1 fully saturated rings. The highest BCUT2D eigenvalue weighted by Gasteiger charge is 2.16. The zero-order valence-electron chi connectivity index (χ0n) is 13.9. The number of guanidine groups is 1. The molecule has 0 atom stereocenters. The van der Waals surface area contributed by atoms with E-state index >= 15 is 0 Å². The highest BCUT2D eigenvalue weighted by molar-refractivity contribution is 9.10. The second-order valence-corrected chi connectivity index (χ2v) is 6.98. The van der Waals surface area contributed by atoms with Gasteiger partial charge in [-0.2, -0.15) is 0 Å². The Hall–Kier alpha value is -2.08. The molecule has 0 aliphatic carbocycles. The molecule has 25 heavy (non-hydrogen) atoms. The average Bonchev–Trinajstić information content (AvgIpc) is 2.63. The molecule has 0 saturated carbocycles. The fourth-order valence-corrected chi connectivity index (χ4v) is 3.26. The van der Waals surface area contributed by atoms with E-state index in [1.807, 2.05) is 6.07 Å². The molecule has 1 saturated heterocycles. The van der Waals surface area contributed by atoms with Crippen molar-refractivity contribution in [2.75, 3.05) is 18.4 Å². The fourth-order valence-electron chi connectivity index (χ4n) is 2.85. The number of phenols is 1. The zero-order chi connectivity index (χ0) is 17.6. The van der Waals surface area contributed by atoms with E-state index in [0.29, 0.717) is 17.2 Å².